The van der Waals surface area contributed by atoms with Crippen molar-refractivity contribution in [3.63, 3.8) is 0 Å². The molecular weight excluding hydrogens is 306 g/mol. The van der Waals surface area contributed by atoms with E-state index in [0.717, 1.165) is 38.9 Å². The topological polar surface area (TPSA) is 70.5 Å². The van der Waals surface area contributed by atoms with Gasteiger partial charge in [0.1, 0.15) is 6.04 Å². The number of nitrogens with zero attached hydrogens (tertiary/aromatic N) is 4. The highest BCUT2D eigenvalue weighted by molar-refractivity contribution is 5.86. The van der Waals surface area contributed by atoms with E-state index in [2.05, 4.69) is 17.3 Å². The van der Waals surface area contributed by atoms with Gasteiger partial charge in [-0.15, -0.1) is 0 Å². The summed E-state index contributed by atoms with van der Waals surface area (Å²) in [5.41, 5.74) is 0. The highest BCUT2D eigenvalue weighted by Crippen LogP contribution is 2.14. The summed E-state index contributed by atoms with van der Waals surface area (Å²) in [6, 6.07) is 1.66. The minimum absolute atomic E-state index is 0.0345. The van der Waals surface area contributed by atoms with Crippen LogP contribution in [-0.4, -0.2) is 70.7 Å². The van der Waals surface area contributed by atoms with Crippen LogP contribution in [0.15, 0.2) is 18.5 Å². The zero-order valence-corrected chi connectivity index (χ0v) is 14.9. The van der Waals surface area contributed by atoms with Crippen molar-refractivity contribution in [1.29, 1.82) is 0 Å². The van der Waals surface area contributed by atoms with E-state index in [4.69, 9.17) is 0 Å². The number of hydrogen-bond donors (Lipinski definition) is 1. The maximum atomic E-state index is 12.7. The number of carbonyl (C=O) groups is 2. The molecule has 1 N–H and O–H groups in total. The Balaban J connectivity index is 1.95. The average molecular weight is 335 g/mol. The van der Waals surface area contributed by atoms with Crippen LogP contribution in [0.5, 0.6) is 0 Å². The molecule has 1 unspecified atom stereocenters. The van der Waals surface area contributed by atoms with Crippen LogP contribution in [0.2, 0.25) is 0 Å². The first-order valence-corrected chi connectivity index (χ1v) is 8.78. The molecule has 2 heterocycles. The third kappa shape index (κ3) is 4.56. The number of carbonyl (C=O) groups excluding carboxylic acids is 2. The minimum Gasteiger partial charge on any atom is -0.338 e. The van der Waals surface area contributed by atoms with Crippen molar-refractivity contribution in [3.8, 4) is 0 Å². The Morgan fingerprint density at radius 2 is 2.08 bits per heavy atom. The van der Waals surface area contributed by atoms with Crippen LogP contribution in [0.1, 0.15) is 39.2 Å². The second-order valence-corrected chi connectivity index (χ2v) is 6.42. The summed E-state index contributed by atoms with van der Waals surface area (Å²) in [5.74, 6) is -0.0684. The van der Waals surface area contributed by atoms with Crippen LogP contribution in [0.4, 0.5) is 0 Å². The second-order valence-electron chi connectivity index (χ2n) is 6.42. The van der Waals surface area contributed by atoms with Gasteiger partial charge in [-0.2, -0.15) is 5.10 Å². The first kappa shape index (κ1) is 18.4. The first-order valence-electron chi connectivity index (χ1n) is 8.78. The molecule has 1 aliphatic heterocycles. The number of piperidine rings is 1. The molecule has 0 spiro atoms. The van der Waals surface area contributed by atoms with Gasteiger partial charge in [-0.1, -0.05) is 6.92 Å². The molecule has 1 aromatic rings. The van der Waals surface area contributed by atoms with Gasteiger partial charge in [0.15, 0.2) is 0 Å². The Bertz CT molecular complexity index is 525. The Labute approximate surface area is 144 Å². The zero-order chi connectivity index (χ0) is 17.5. The lowest BCUT2D eigenvalue weighted by atomic mass is 10.0. The maximum absolute atomic E-state index is 12.7. The number of aromatic nitrogens is 2. The Kier molecular flexibility index (Phi) is 6.78. The van der Waals surface area contributed by atoms with E-state index in [-0.39, 0.29) is 24.4 Å². The molecule has 0 saturated carbocycles. The monoisotopic (exact) mass is 335 g/mol. The molecule has 2 rings (SSSR count). The third-order valence-corrected chi connectivity index (χ3v) is 4.56. The number of nitrogens with one attached hydrogen (secondary N) is 1. The highest BCUT2D eigenvalue weighted by Gasteiger charge is 2.27. The Hall–Kier alpha value is -1.89. The summed E-state index contributed by atoms with van der Waals surface area (Å²) in [6.45, 7) is 6.64. The fourth-order valence-corrected chi connectivity index (χ4v) is 3.18. The molecule has 7 nitrogen and oxygen atoms in total. The minimum atomic E-state index is -0.406. The van der Waals surface area contributed by atoms with E-state index in [1.807, 2.05) is 4.90 Å². The smallest absolute Gasteiger partial charge is 0.247 e. The normalized spacial score (nSPS) is 16.6. The van der Waals surface area contributed by atoms with E-state index in [1.165, 1.54) is 4.90 Å². The molecule has 0 aliphatic carbocycles. The molecule has 134 valence electrons. The second kappa shape index (κ2) is 8.82. The quantitative estimate of drug-likeness (QED) is 0.803. The van der Waals surface area contributed by atoms with Crippen molar-refractivity contribution in [1.82, 2.24) is 24.9 Å². The molecular formula is C17H29N5O2. The molecule has 1 aromatic heterocycles. The van der Waals surface area contributed by atoms with Crippen molar-refractivity contribution >= 4 is 11.8 Å². The van der Waals surface area contributed by atoms with Gasteiger partial charge in [0.2, 0.25) is 11.8 Å². The SMILES string of the molecule is CCCN(C(=O)CN(C)C(=O)C(C)n1cccn1)C1CCNCC1. The van der Waals surface area contributed by atoms with Crippen LogP contribution < -0.4 is 5.32 Å². The van der Waals surface area contributed by atoms with E-state index < -0.39 is 6.04 Å². The fraction of sp³-hybridized carbons (Fsp3) is 0.706. The van der Waals surface area contributed by atoms with Crippen LogP contribution in [-0.2, 0) is 9.59 Å². The molecule has 24 heavy (non-hydrogen) atoms. The van der Waals surface area contributed by atoms with Gasteiger partial charge in [0.25, 0.3) is 0 Å². The van der Waals surface area contributed by atoms with Crippen LogP contribution >= 0.6 is 0 Å². The van der Waals surface area contributed by atoms with Crippen molar-refractivity contribution in [2.75, 3.05) is 33.2 Å². The predicted octanol–water partition coefficient (Wildman–Crippen LogP) is 0.893. The average Bonchev–Trinajstić information content (AvgIpc) is 3.13. The summed E-state index contributed by atoms with van der Waals surface area (Å²) in [4.78, 5) is 28.7. The lowest BCUT2D eigenvalue weighted by molar-refractivity contribution is -0.142. The van der Waals surface area contributed by atoms with Crippen molar-refractivity contribution in [3.05, 3.63) is 18.5 Å². The van der Waals surface area contributed by atoms with Gasteiger partial charge in [-0.3, -0.25) is 14.3 Å². The highest BCUT2D eigenvalue weighted by atomic mass is 16.2. The number of amides is 2. The van der Waals surface area contributed by atoms with Gasteiger partial charge in [0.05, 0.1) is 6.54 Å². The molecule has 0 bridgehead atoms. The summed E-state index contributed by atoms with van der Waals surface area (Å²) < 4.78 is 1.61. The van der Waals surface area contributed by atoms with Gasteiger partial charge >= 0.3 is 0 Å². The van der Waals surface area contributed by atoms with E-state index in [9.17, 15) is 9.59 Å². The van der Waals surface area contributed by atoms with Crippen LogP contribution in [0, 0.1) is 0 Å². The maximum Gasteiger partial charge on any atom is 0.247 e. The Morgan fingerprint density at radius 3 is 2.67 bits per heavy atom. The molecule has 0 radical (unpaired) electrons. The van der Waals surface area contributed by atoms with Crippen molar-refractivity contribution in [2.24, 2.45) is 0 Å². The molecule has 1 aliphatic rings. The molecule has 7 heteroatoms. The zero-order valence-electron chi connectivity index (χ0n) is 14.9. The van der Waals surface area contributed by atoms with Crippen molar-refractivity contribution < 1.29 is 9.59 Å². The number of likely N-dealkylation sites (N-methyl/N-ethyl adjacent to an activating group) is 1. The first-order chi connectivity index (χ1) is 11.5. The molecule has 2 amide bonds. The largest absolute Gasteiger partial charge is 0.338 e. The lowest BCUT2D eigenvalue weighted by Crippen LogP contribution is -2.50. The summed E-state index contributed by atoms with van der Waals surface area (Å²) in [5, 5.41) is 7.43. The molecule has 1 atom stereocenters. The van der Waals surface area contributed by atoms with E-state index >= 15 is 0 Å². The summed E-state index contributed by atoms with van der Waals surface area (Å²) in [6.07, 6.45) is 6.29. The third-order valence-electron chi connectivity index (χ3n) is 4.56. The summed E-state index contributed by atoms with van der Waals surface area (Å²) in [7, 11) is 1.69. The molecule has 1 saturated heterocycles. The fourth-order valence-electron chi connectivity index (χ4n) is 3.18. The summed E-state index contributed by atoms with van der Waals surface area (Å²) >= 11 is 0. The molecule has 1 fully saturated rings. The standard InChI is InChI=1S/C17H29N5O2/c1-4-11-21(15-6-9-18-10-7-15)16(23)13-20(3)17(24)14(2)22-12-5-8-19-22/h5,8,12,14-15,18H,4,6-7,9-11,13H2,1-3H3. The van der Waals surface area contributed by atoms with Gasteiger partial charge in [-0.25, -0.2) is 0 Å². The number of rotatable bonds is 7. The predicted molar refractivity (Wildman–Crippen MR) is 92.5 cm³/mol. The van der Waals surface area contributed by atoms with Gasteiger partial charge in [-0.05, 0) is 45.3 Å². The van der Waals surface area contributed by atoms with Gasteiger partial charge < -0.3 is 15.1 Å². The van der Waals surface area contributed by atoms with Gasteiger partial charge in [0, 0.05) is 32.0 Å². The van der Waals surface area contributed by atoms with E-state index in [0.29, 0.717) is 0 Å². The Morgan fingerprint density at radius 1 is 1.38 bits per heavy atom. The lowest BCUT2D eigenvalue weighted by Gasteiger charge is -2.35. The number of hydrogen-bond acceptors (Lipinski definition) is 4. The molecule has 0 aromatic carbocycles. The van der Waals surface area contributed by atoms with Crippen LogP contribution in [0.25, 0.3) is 0 Å². The van der Waals surface area contributed by atoms with Crippen molar-refractivity contribution in [2.45, 2.75) is 45.2 Å². The van der Waals surface area contributed by atoms with E-state index in [1.54, 1.807) is 37.1 Å². The van der Waals surface area contributed by atoms with Crippen LogP contribution in [0.3, 0.4) is 0 Å².